The first-order chi connectivity index (χ1) is 17.3. The van der Waals surface area contributed by atoms with E-state index in [1.54, 1.807) is 20.8 Å². The highest BCUT2D eigenvalue weighted by Gasteiger charge is 2.39. The molecule has 200 valence electrons. The zero-order valence-electron chi connectivity index (χ0n) is 21.0. The van der Waals surface area contributed by atoms with E-state index in [1.807, 2.05) is 30.3 Å². The van der Waals surface area contributed by atoms with Crippen molar-refractivity contribution in [3.8, 4) is 0 Å². The van der Waals surface area contributed by atoms with Gasteiger partial charge in [-0.2, -0.15) is 13.2 Å². The molecule has 7 nitrogen and oxygen atoms in total. The molecule has 1 N–H and O–H groups in total. The van der Waals surface area contributed by atoms with Gasteiger partial charge >= 0.3 is 18.2 Å². The molecular weight excluding hydrogens is 489 g/mol. The molecule has 1 unspecified atom stereocenters. The van der Waals surface area contributed by atoms with Crippen LogP contribution in [-0.2, 0) is 38.3 Å². The van der Waals surface area contributed by atoms with Crippen molar-refractivity contribution in [3.63, 3.8) is 0 Å². The number of alkyl carbamates (subject to hydrolysis) is 1. The second-order valence-corrected chi connectivity index (χ2v) is 9.88. The Labute approximate surface area is 213 Å². The number of amides is 2. The number of alkyl halides is 3. The van der Waals surface area contributed by atoms with Gasteiger partial charge in [0.25, 0.3) is 0 Å². The Kier molecular flexibility index (Phi) is 8.83. The number of carbonyl (C=O) groups is 3. The lowest BCUT2D eigenvalue weighted by Crippen LogP contribution is -2.53. The summed E-state index contributed by atoms with van der Waals surface area (Å²) in [6.45, 7) is 5.34. The molecule has 37 heavy (non-hydrogen) atoms. The van der Waals surface area contributed by atoms with Crippen LogP contribution in [0.15, 0.2) is 54.6 Å². The molecule has 2 amide bonds. The number of nitrogens with one attached hydrogen (secondary N) is 1. The van der Waals surface area contributed by atoms with E-state index in [4.69, 9.17) is 9.47 Å². The summed E-state index contributed by atoms with van der Waals surface area (Å²) < 4.78 is 49.6. The van der Waals surface area contributed by atoms with E-state index in [-0.39, 0.29) is 19.6 Å². The molecule has 1 aliphatic rings. The van der Waals surface area contributed by atoms with Gasteiger partial charge in [-0.25, -0.2) is 9.59 Å². The van der Waals surface area contributed by atoms with Crippen LogP contribution in [-0.4, -0.2) is 47.1 Å². The highest BCUT2D eigenvalue weighted by atomic mass is 19.4. The molecule has 10 heteroatoms. The molecular formula is C27H31F3N2O5. The van der Waals surface area contributed by atoms with E-state index in [2.05, 4.69) is 5.32 Å². The summed E-state index contributed by atoms with van der Waals surface area (Å²) in [6, 6.07) is 11.5. The van der Waals surface area contributed by atoms with Gasteiger partial charge in [0.2, 0.25) is 5.91 Å². The molecule has 0 spiro atoms. The Morgan fingerprint density at radius 3 is 2.24 bits per heavy atom. The average Bonchev–Trinajstić information content (AvgIpc) is 3.31. The summed E-state index contributed by atoms with van der Waals surface area (Å²) in [5, 5.41) is 2.53. The van der Waals surface area contributed by atoms with E-state index in [0.717, 1.165) is 17.7 Å². The van der Waals surface area contributed by atoms with Gasteiger partial charge in [-0.15, -0.1) is 0 Å². The fourth-order valence-electron chi connectivity index (χ4n) is 4.02. The van der Waals surface area contributed by atoms with Crippen LogP contribution in [0, 0.1) is 0 Å². The van der Waals surface area contributed by atoms with Crippen molar-refractivity contribution >= 4 is 18.0 Å². The lowest BCUT2D eigenvalue weighted by molar-refractivity contribution is -0.155. The van der Waals surface area contributed by atoms with Gasteiger partial charge in [0.15, 0.2) is 0 Å². The molecule has 2 aromatic carbocycles. The molecule has 3 rings (SSSR count). The third-order valence-corrected chi connectivity index (χ3v) is 5.74. The number of likely N-dealkylation sites (tertiary alicyclic amines) is 1. The van der Waals surface area contributed by atoms with Crippen LogP contribution in [0.25, 0.3) is 0 Å². The number of carbonyl (C=O) groups excluding carboxylic acids is 3. The topological polar surface area (TPSA) is 84.9 Å². The molecule has 0 aromatic heterocycles. The Morgan fingerprint density at radius 2 is 1.65 bits per heavy atom. The highest BCUT2D eigenvalue weighted by Crippen LogP contribution is 2.29. The van der Waals surface area contributed by atoms with Crippen LogP contribution >= 0.6 is 0 Å². The summed E-state index contributed by atoms with van der Waals surface area (Å²) in [5.74, 6) is -1.09. The third kappa shape index (κ3) is 8.23. The normalized spacial score (nSPS) is 16.7. The number of benzene rings is 2. The zero-order chi connectivity index (χ0) is 27.2. The zero-order valence-corrected chi connectivity index (χ0v) is 21.0. The molecule has 2 aromatic rings. The molecule has 0 radical (unpaired) electrons. The van der Waals surface area contributed by atoms with Gasteiger partial charge in [-0.05, 0) is 56.9 Å². The Morgan fingerprint density at radius 1 is 1.00 bits per heavy atom. The fourth-order valence-corrected chi connectivity index (χ4v) is 4.02. The van der Waals surface area contributed by atoms with Crippen LogP contribution in [0.5, 0.6) is 0 Å². The van der Waals surface area contributed by atoms with Gasteiger partial charge < -0.3 is 19.7 Å². The largest absolute Gasteiger partial charge is 0.459 e. The lowest BCUT2D eigenvalue weighted by atomic mass is 10.0. The number of esters is 1. The third-order valence-electron chi connectivity index (χ3n) is 5.74. The smallest absolute Gasteiger partial charge is 0.416 e. The summed E-state index contributed by atoms with van der Waals surface area (Å²) in [6.07, 6.45) is -4.46. The van der Waals surface area contributed by atoms with E-state index >= 15 is 0 Å². The molecule has 0 saturated carbocycles. The van der Waals surface area contributed by atoms with Crippen molar-refractivity contribution in [3.05, 3.63) is 71.3 Å². The Balaban J connectivity index is 1.75. The highest BCUT2D eigenvalue weighted by molar-refractivity contribution is 5.90. The maximum absolute atomic E-state index is 13.5. The maximum Gasteiger partial charge on any atom is 0.416 e. The molecule has 2 atom stereocenters. The van der Waals surface area contributed by atoms with E-state index in [9.17, 15) is 27.6 Å². The standard InChI is InChI=1S/C27H31F3N2O5/c1-26(2,3)37-25(35)31-21(16-18-11-13-20(14-12-18)27(28,29)30)23(33)32-15-7-10-22(32)24(34)36-17-19-8-5-4-6-9-19/h4-6,8-9,11-14,21-22H,7,10,15-17H2,1-3H3,(H,31,35)/t21?,22-/m1/s1. The summed E-state index contributed by atoms with van der Waals surface area (Å²) in [7, 11) is 0. The molecule has 1 saturated heterocycles. The second-order valence-electron chi connectivity index (χ2n) is 9.88. The average molecular weight is 521 g/mol. The van der Waals surface area contributed by atoms with E-state index < -0.39 is 47.4 Å². The Hall–Kier alpha value is -3.56. The van der Waals surface area contributed by atoms with Crippen molar-refractivity contribution < 1.29 is 37.0 Å². The number of hydrogen-bond acceptors (Lipinski definition) is 5. The molecule has 1 heterocycles. The summed E-state index contributed by atoms with van der Waals surface area (Å²) in [4.78, 5) is 40.2. The predicted octanol–water partition coefficient (Wildman–Crippen LogP) is 4.88. The van der Waals surface area contributed by atoms with Crippen LogP contribution in [0.2, 0.25) is 0 Å². The van der Waals surface area contributed by atoms with Gasteiger partial charge in [0, 0.05) is 13.0 Å². The van der Waals surface area contributed by atoms with Crippen molar-refractivity contribution in [1.29, 1.82) is 0 Å². The van der Waals surface area contributed by atoms with Gasteiger partial charge in [-0.3, -0.25) is 4.79 Å². The number of halogens is 3. The Bertz CT molecular complexity index is 1080. The molecule has 0 bridgehead atoms. The fraction of sp³-hybridized carbons (Fsp3) is 0.444. The van der Waals surface area contributed by atoms with Crippen molar-refractivity contribution in [2.24, 2.45) is 0 Å². The van der Waals surface area contributed by atoms with Crippen molar-refractivity contribution in [2.45, 2.75) is 70.5 Å². The monoisotopic (exact) mass is 520 g/mol. The molecule has 0 aliphatic carbocycles. The summed E-state index contributed by atoms with van der Waals surface area (Å²) >= 11 is 0. The number of rotatable bonds is 7. The van der Waals surface area contributed by atoms with Crippen LogP contribution in [0.3, 0.4) is 0 Å². The number of hydrogen-bond donors (Lipinski definition) is 1. The maximum atomic E-state index is 13.5. The first-order valence-electron chi connectivity index (χ1n) is 12.0. The molecule has 1 aliphatic heterocycles. The van der Waals surface area contributed by atoms with Gasteiger partial charge in [-0.1, -0.05) is 42.5 Å². The van der Waals surface area contributed by atoms with Crippen LogP contribution in [0.1, 0.15) is 50.3 Å². The lowest BCUT2D eigenvalue weighted by Gasteiger charge is -2.29. The van der Waals surface area contributed by atoms with Gasteiger partial charge in [0.05, 0.1) is 5.56 Å². The second kappa shape index (κ2) is 11.7. The van der Waals surface area contributed by atoms with Gasteiger partial charge in [0.1, 0.15) is 24.3 Å². The number of nitrogens with zero attached hydrogens (tertiary/aromatic N) is 1. The SMILES string of the molecule is CC(C)(C)OC(=O)NC(Cc1ccc(C(F)(F)F)cc1)C(=O)N1CCC[C@@H]1C(=O)OCc1ccccc1. The van der Waals surface area contributed by atoms with Crippen LogP contribution < -0.4 is 5.32 Å². The minimum absolute atomic E-state index is 0.0589. The van der Waals surface area contributed by atoms with E-state index in [1.165, 1.54) is 17.0 Å². The first kappa shape index (κ1) is 28.0. The van der Waals surface area contributed by atoms with Crippen molar-refractivity contribution in [2.75, 3.05) is 6.54 Å². The van der Waals surface area contributed by atoms with Crippen molar-refractivity contribution in [1.82, 2.24) is 10.2 Å². The van der Waals surface area contributed by atoms with E-state index in [0.29, 0.717) is 18.4 Å². The quantitative estimate of drug-likeness (QED) is 0.527. The van der Waals surface area contributed by atoms with Crippen LogP contribution in [0.4, 0.5) is 18.0 Å². The first-order valence-corrected chi connectivity index (χ1v) is 12.0. The summed E-state index contributed by atoms with van der Waals surface area (Å²) in [5.41, 5.74) is -0.438. The molecule has 1 fully saturated rings. The minimum atomic E-state index is -4.49. The number of ether oxygens (including phenoxy) is 2. The minimum Gasteiger partial charge on any atom is -0.459 e. The predicted molar refractivity (Wildman–Crippen MR) is 129 cm³/mol.